The van der Waals surface area contributed by atoms with E-state index in [0.29, 0.717) is 0 Å². The molecule has 3 heteroatoms. The van der Waals surface area contributed by atoms with Crippen LogP contribution in [0.5, 0.6) is 0 Å². The summed E-state index contributed by atoms with van der Waals surface area (Å²) in [7, 11) is 0. The van der Waals surface area contributed by atoms with Gasteiger partial charge in [-0.3, -0.25) is 0 Å². The maximum Gasteiger partial charge on any atom is 0.164 e. The van der Waals surface area contributed by atoms with Crippen LogP contribution in [0.15, 0.2) is 40.8 Å². The molecule has 0 spiro atoms. The van der Waals surface area contributed by atoms with Crippen LogP contribution in [0.25, 0.3) is 0 Å². The van der Waals surface area contributed by atoms with Crippen molar-refractivity contribution in [3.8, 4) is 0 Å². The van der Waals surface area contributed by atoms with E-state index >= 15 is 0 Å². The molecule has 0 aliphatic heterocycles. The van der Waals surface area contributed by atoms with Gasteiger partial charge in [-0.05, 0) is 65.7 Å². The number of hydrogen-bond acceptors (Lipinski definition) is 2. The smallest absolute Gasteiger partial charge is 0.164 e. The van der Waals surface area contributed by atoms with E-state index in [4.69, 9.17) is 4.42 Å². The summed E-state index contributed by atoms with van der Waals surface area (Å²) in [6.45, 7) is 3.93. The van der Waals surface area contributed by atoms with Gasteiger partial charge in [-0.2, -0.15) is 0 Å². The van der Waals surface area contributed by atoms with Gasteiger partial charge in [0.05, 0.1) is 6.54 Å². The van der Waals surface area contributed by atoms with Crippen molar-refractivity contribution in [3.05, 3.63) is 57.1 Å². The second kappa shape index (κ2) is 6.21. The van der Waals surface area contributed by atoms with E-state index in [9.17, 15) is 0 Å². The van der Waals surface area contributed by atoms with Crippen LogP contribution in [-0.2, 0) is 13.0 Å². The van der Waals surface area contributed by atoms with Crippen LogP contribution >= 0.6 is 22.6 Å². The van der Waals surface area contributed by atoms with E-state index in [2.05, 4.69) is 59.1 Å². The van der Waals surface area contributed by atoms with Gasteiger partial charge in [0.15, 0.2) is 3.77 Å². The molecule has 1 heterocycles. The molecule has 2 rings (SSSR count). The molecule has 1 N–H and O–H groups in total. The van der Waals surface area contributed by atoms with Crippen molar-refractivity contribution in [1.82, 2.24) is 5.32 Å². The standard InChI is InChI=1S/C14H16INO/c1-11-4-2-3-5-12(11)8-9-16-10-13-6-7-14(15)17-13/h2-7,16H,8-10H2,1H3. The Morgan fingerprint density at radius 1 is 1.18 bits per heavy atom. The average molecular weight is 341 g/mol. The fourth-order valence-corrected chi connectivity index (χ4v) is 2.23. The second-order valence-electron chi connectivity index (χ2n) is 4.06. The van der Waals surface area contributed by atoms with Crippen molar-refractivity contribution in [3.63, 3.8) is 0 Å². The van der Waals surface area contributed by atoms with Crippen molar-refractivity contribution in [1.29, 1.82) is 0 Å². The first-order valence-corrected chi connectivity index (χ1v) is 6.83. The highest BCUT2D eigenvalue weighted by Crippen LogP contribution is 2.10. The summed E-state index contributed by atoms with van der Waals surface area (Å²) >= 11 is 2.18. The Labute approximate surface area is 116 Å². The van der Waals surface area contributed by atoms with Gasteiger partial charge in [0.1, 0.15) is 5.76 Å². The van der Waals surface area contributed by atoms with Gasteiger partial charge in [0.25, 0.3) is 0 Å². The van der Waals surface area contributed by atoms with E-state index in [1.807, 2.05) is 12.1 Å². The van der Waals surface area contributed by atoms with Crippen molar-refractivity contribution < 1.29 is 4.42 Å². The highest BCUT2D eigenvalue weighted by molar-refractivity contribution is 14.1. The minimum atomic E-state index is 0.800. The summed E-state index contributed by atoms with van der Waals surface area (Å²) in [5.74, 6) is 0.999. The third kappa shape index (κ3) is 3.85. The van der Waals surface area contributed by atoms with Crippen LogP contribution in [0, 0.1) is 10.7 Å². The number of furan rings is 1. The fraction of sp³-hybridized carbons (Fsp3) is 0.286. The summed E-state index contributed by atoms with van der Waals surface area (Å²) in [6, 6.07) is 12.5. The fourth-order valence-electron chi connectivity index (χ4n) is 1.77. The van der Waals surface area contributed by atoms with Crippen molar-refractivity contribution in [2.75, 3.05) is 6.54 Å². The van der Waals surface area contributed by atoms with Gasteiger partial charge >= 0.3 is 0 Å². The Bertz CT molecular complexity index is 479. The molecule has 0 aliphatic carbocycles. The average Bonchev–Trinajstić information content (AvgIpc) is 2.73. The van der Waals surface area contributed by atoms with Gasteiger partial charge in [-0.15, -0.1) is 0 Å². The Morgan fingerprint density at radius 3 is 2.71 bits per heavy atom. The number of aryl methyl sites for hydroxylation is 1. The minimum absolute atomic E-state index is 0.800. The van der Waals surface area contributed by atoms with Crippen LogP contribution in [0.3, 0.4) is 0 Å². The van der Waals surface area contributed by atoms with Crippen LogP contribution in [0.1, 0.15) is 16.9 Å². The third-order valence-electron chi connectivity index (χ3n) is 2.76. The Hall–Kier alpha value is -0.810. The monoisotopic (exact) mass is 341 g/mol. The summed E-state index contributed by atoms with van der Waals surface area (Å²) in [4.78, 5) is 0. The first-order chi connectivity index (χ1) is 8.25. The number of benzene rings is 1. The molecule has 0 bridgehead atoms. The predicted octanol–water partition coefficient (Wildman–Crippen LogP) is 3.52. The summed E-state index contributed by atoms with van der Waals surface area (Å²) in [5, 5.41) is 3.39. The molecule has 0 radical (unpaired) electrons. The number of nitrogens with one attached hydrogen (secondary N) is 1. The van der Waals surface area contributed by atoms with Gasteiger partial charge in [-0.1, -0.05) is 24.3 Å². The quantitative estimate of drug-likeness (QED) is 0.665. The molecule has 0 saturated heterocycles. The summed E-state index contributed by atoms with van der Waals surface area (Å²) in [6.07, 6.45) is 1.06. The number of rotatable bonds is 5. The largest absolute Gasteiger partial charge is 0.454 e. The first kappa shape index (κ1) is 12.6. The molecule has 0 fully saturated rings. The molecule has 0 atom stereocenters. The molecule has 0 aliphatic rings. The Kier molecular flexibility index (Phi) is 4.62. The molecule has 2 nitrogen and oxygen atoms in total. The van der Waals surface area contributed by atoms with E-state index < -0.39 is 0 Å². The maximum absolute atomic E-state index is 5.48. The van der Waals surface area contributed by atoms with Crippen LogP contribution in [0.2, 0.25) is 0 Å². The molecule has 0 unspecified atom stereocenters. The van der Waals surface area contributed by atoms with E-state index in [1.54, 1.807) is 0 Å². The lowest BCUT2D eigenvalue weighted by atomic mass is 10.1. The lowest BCUT2D eigenvalue weighted by Crippen LogP contribution is -2.16. The molecule has 1 aromatic carbocycles. The topological polar surface area (TPSA) is 25.2 Å². The predicted molar refractivity (Wildman–Crippen MR) is 78.0 cm³/mol. The van der Waals surface area contributed by atoms with Gasteiger partial charge in [0.2, 0.25) is 0 Å². The zero-order valence-electron chi connectivity index (χ0n) is 9.87. The summed E-state index contributed by atoms with van der Waals surface area (Å²) < 4.78 is 6.43. The summed E-state index contributed by atoms with van der Waals surface area (Å²) in [5.41, 5.74) is 2.77. The van der Waals surface area contributed by atoms with E-state index in [0.717, 1.165) is 29.0 Å². The molecule has 17 heavy (non-hydrogen) atoms. The van der Waals surface area contributed by atoms with Gasteiger partial charge in [0, 0.05) is 0 Å². The zero-order chi connectivity index (χ0) is 12.1. The molecule has 0 amide bonds. The van der Waals surface area contributed by atoms with Crippen molar-refractivity contribution in [2.45, 2.75) is 19.9 Å². The first-order valence-electron chi connectivity index (χ1n) is 5.75. The van der Waals surface area contributed by atoms with Gasteiger partial charge < -0.3 is 9.73 Å². The van der Waals surface area contributed by atoms with Crippen LogP contribution < -0.4 is 5.32 Å². The Morgan fingerprint density at radius 2 is 2.00 bits per heavy atom. The zero-order valence-corrected chi connectivity index (χ0v) is 12.0. The SMILES string of the molecule is Cc1ccccc1CCNCc1ccc(I)o1. The van der Waals surface area contributed by atoms with Crippen LogP contribution in [0.4, 0.5) is 0 Å². The van der Waals surface area contributed by atoms with E-state index in [1.165, 1.54) is 11.1 Å². The molecular weight excluding hydrogens is 325 g/mol. The highest BCUT2D eigenvalue weighted by Gasteiger charge is 1.99. The molecule has 90 valence electrons. The van der Waals surface area contributed by atoms with E-state index in [-0.39, 0.29) is 0 Å². The molecule has 2 aromatic rings. The normalized spacial score (nSPS) is 10.7. The molecule has 0 saturated carbocycles. The lowest BCUT2D eigenvalue weighted by Gasteiger charge is -2.06. The third-order valence-corrected chi connectivity index (χ3v) is 3.34. The van der Waals surface area contributed by atoms with Crippen molar-refractivity contribution >= 4 is 22.6 Å². The second-order valence-corrected chi connectivity index (χ2v) is 5.12. The number of halogens is 1. The minimum Gasteiger partial charge on any atom is -0.454 e. The maximum atomic E-state index is 5.48. The highest BCUT2D eigenvalue weighted by atomic mass is 127. The molecule has 1 aromatic heterocycles. The Balaban J connectivity index is 1.75. The van der Waals surface area contributed by atoms with Crippen molar-refractivity contribution in [2.24, 2.45) is 0 Å². The lowest BCUT2D eigenvalue weighted by molar-refractivity contribution is 0.464. The molecular formula is C14H16INO. The van der Waals surface area contributed by atoms with Gasteiger partial charge in [-0.25, -0.2) is 0 Å². The number of hydrogen-bond donors (Lipinski definition) is 1. The van der Waals surface area contributed by atoms with Crippen LogP contribution in [-0.4, -0.2) is 6.54 Å².